The number of hydrogen-bond donors (Lipinski definition) is 1. The maximum absolute atomic E-state index is 13.6. The SMILES string of the molecule is CN(Cc1ccccc1F)c1ccc(Cl)c(CO)n1. The molecule has 1 heterocycles. The van der Waals surface area contributed by atoms with Gasteiger partial charge in [-0.25, -0.2) is 9.37 Å². The van der Waals surface area contributed by atoms with E-state index in [1.165, 1.54) is 6.07 Å². The number of anilines is 1. The van der Waals surface area contributed by atoms with E-state index in [0.717, 1.165) is 0 Å². The molecule has 100 valence electrons. The van der Waals surface area contributed by atoms with Crippen molar-refractivity contribution in [2.75, 3.05) is 11.9 Å². The minimum atomic E-state index is -0.245. The van der Waals surface area contributed by atoms with Crippen LogP contribution in [0.5, 0.6) is 0 Å². The van der Waals surface area contributed by atoms with Crippen LogP contribution in [0.1, 0.15) is 11.3 Å². The predicted octanol–water partition coefficient (Wildman–Crippen LogP) is 3.00. The van der Waals surface area contributed by atoms with Crippen LogP contribution in [0, 0.1) is 5.82 Å². The Morgan fingerprint density at radius 1 is 1.26 bits per heavy atom. The maximum Gasteiger partial charge on any atom is 0.129 e. The van der Waals surface area contributed by atoms with Gasteiger partial charge >= 0.3 is 0 Å². The summed E-state index contributed by atoms with van der Waals surface area (Å²) in [5.74, 6) is 0.391. The molecule has 1 aromatic heterocycles. The van der Waals surface area contributed by atoms with Gasteiger partial charge in [-0.2, -0.15) is 0 Å². The van der Waals surface area contributed by atoms with Crippen molar-refractivity contribution in [3.63, 3.8) is 0 Å². The average Bonchev–Trinajstić information content (AvgIpc) is 2.42. The zero-order chi connectivity index (χ0) is 13.8. The molecule has 1 aromatic carbocycles. The molecule has 0 amide bonds. The molecule has 0 atom stereocenters. The molecule has 0 aliphatic heterocycles. The summed E-state index contributed by atoms with van der Waals surface area (Å²) in [5, 5.41) is 9.55. The fourth-order valence-electron chi connectivity index (χ4n) is 1.76. The van der Waals surface area contributed by atoms with Crippen LogP contribution in [0.2, 0.25) is 5.02 Å². The highest BCUT2D eigenvalue weighted by Gasteiger charge is 2.09. The summed E-state index contributed by atoms with van der Waals surface area (Å²) in [6.07, 6.45) is 0. The van der Waals surface area contributed by atoms with Gasteiger partial charge in [-0.15, -0.1) is 0 Å². The molecule has 1 N–H and O–H groups in total. The van der Waals surface area contributed by atoms with Crippen LogP contribution in [0.3, 0.4) is 0 Å². The van der Waals surface area contributed by atoms with Gasteiger partial charge in [0.05, 0.1) is 17.3 Å². The molecule has 0 aliphatic rings. The standard InChI is InChI=1S/C14H14ClFN2O/c1-18(8-10-4-2-3-5-12(10)16)14-7-6-11(15)13(9-19)17-14/h2-7,19H,8-9H2,1H3. The van der Waals surface area contributed by atoms with Gasteiger partial charge in [-0.1, -0.05) is 29.8 Å². The normalized spacial score (nSPS) is 10.5. The van der Waals surface area contributed by atoms with E-state index in [1.807, 2.05) is 7.05 Å². The van der Waals surface area contributed by atoms with Crippen molar-refractivity contribution in [2.24, 2.45) is 0 Å². The van der Waals surface area contributed by atoms with E-state index in [1.54, 1.807) is 35.2 Å². The Hall–Kier alpha value is -1.65. The van der Waals surface area contributed by atoms with Crippen molar-refractivity contribution in [1.82, 2.24) is 4.98 Å². The van der Waals surface area contributed by atoms with Crippen molar-refractivity contribution in [1.29, 1.82) is 0 Å². The van der Waals surface area contributed by atoms with E-state index < -0.39 is 0 Å². The predicted molar refractivity (Wildman–Crippen MR) is 73.7 cm³/mol. The molecule has 0 bridgehead atoms. The van der Waals surface area contributed by atoms with E-state index in [0.29, 0.717) is 28.6 Å². The van der Waals surface area contributed by atoms with Gasteiger partial charge in [-0.05, 0) is 18.2 Å². The smallest absolute Gasteiger partial charge is 0.129 e. The topological polar surface area (TPSA) is 36.4 Å². The second kappa shape index (κ2) is 5.99. The minimum Gasteiger partial charge on any atom is -0.390 e. The van der Waals surface area contributed by atoms with Crippen LogP contribution in [0.4, 0.5) is 10.2 Å². The van der Waals surface area contributed by atoms with Crippen molar-refractivity contribution >= 4 is 17.4 Å². The quantitative estimate of drug-likeness (QED) is 0.935. The number of aliphatic hydroxyl groups is 1. The summed E-state index contributed by atoms with van der Waals surface area (Å²) in [5.41, 5.74) is 1.01. The lowest BCUT2D eigenvalue weighted by molar-refractivity contribution is 0.277. The summed E-state index contributed by atoms with van der Waals surface area (Å²) in [4.78, 5) is 6.04. The first-order valence-corrected chi connectivity index (χ1v) is 6.20. The van der Waals surface area contributed by atoms with E-state index in [-0.39, 0.29) is 12.4 Å². The summed E-state index contributed by atoms with van der Waals surface area (Å²) < 4.78 is 13.6. The first-order chi connectivity index (χ1) is 9.11. The summed E-state index contributed by atoms with van der Waals surface area (Å²) >= 11 is 5.89. The van der Waals surface area contributed by atoms with E-state index in [4.69, 9.17) is 16.7 Å². The molecule has 0 fully saturated rings. The van der Waals surface area contributed by atoms with Gasteiger partial charge in [0.2, 0.25) is 0 Å². The Labute approximate surface area is 116 Å². The van der Waals surface area contributed by atoms with Crippen molar-refractivity contribution in [3.05, 3.63) is 58.5 Å². The molecule has 2 aromatic rings. The fourth-order valence-corrected chi connectivity index (χ4v) is 1.92. The Bertz CT molecular complexity index is 577. The third kappa shape index (κ3) is 3.22. The molecule has 5 heteroatoms. The lowest BCUT2D eigenvalue weighted by Crippen LogP contribution is -2.19. The largest absolute Gasteiger partial charge is 0.390 e. The summed E-state index contributed by atoms with van der Waals surface area (Å²) in [6, 6.07) is 10.0. The van der Waals surface area contributed by atoms with Crippen molar-refractivity contribution < 1.29 is 9.50 Å². The third-order valence-corrected chi connectivity index (χ3v) is 3.15. The first kappa shape index (κ1) is 13.8. The summed E-state index contributed by atoms with van der Waals surface area (Å²) in [6.45, 7) is 0.173. The van der Waals surface area contributed by atoms with Gasteiger partial charge in [0.15, 0.2) is 0 Å². The molecular weight excluding hydrogens is 267 g/mol. The number of pyridine rings is 1. The highest BCUT2D eigenvalue weighted by molar-refractivity contribution is 6.31. The number of benzene rings is 1. The minimum absolute atomic E-state index is 0.222. The van der Waals surface area contributed by atoms with Crippen LogP contribution in [-0.2, 0) is 13.2 Å². The second-order valence-electron chi connectivity index (χ2n) is 4.20. The number of aliphatic hydroxyl groups excluding tert-OH is 1. The van der Waals surface area contributed by atoms with E-state index >= 15 is 0 Å². The molecule has 19 heavy (non-hydrogen) atoms. The Kier molecular flexibility index (Phi) is 4.35. The molecule has 0 radical (unpaired) electrons. The zero-order valence-electron chi connectivity index (χ0n) is 10.5. The summed E-state index contributed by atoms with van der Waals surface area (Å²) in [7, 11) is 1.81. The molecular formula is C14H14ClFN2O. The first-order valence-electron chi connectivity index (χ1n) is 5.82. The van der Waals surface area contributed by atoms with Crippen molar-refractivity contribution in [2.45, 2.75) is 13.2 Å². The molecule has 0 saturated heterocycles. The second-order valence-corrected chi connectivity index (χ2v) is 4.61. The van der Waals surface area contributed by atoms with E-state index in [2.05, 4.69) is 4.98 Å². The Balaban J connectivity index is 2.20. The molecule has 0 unspecified atom stereocenters. The molecule has 2 rings (SSSR count). The Morgan fingerprint density at radius 2 is 2.00 bits per heavy atom. The van der Waals surface area contributed by atoms with Crippen LogP contribution in [0.15, 0.2) is 36.4 Å². The van der Waals surface area contributed by atoms with Crippen LogP contribution in [0.25, 0.3) is 0 Å². The molecule has 3 nitrogen and oxygen atoms in total. The van der Waals surface area contributed by atoms with Gasteiger partial charge < -0.3 is 10.0 Å². The lowest BCUT2D eigenvalue weighted by Gasteiger charge is -2.19. The number of aromatic nitrogens is 1. The average molecular weight is 281 g/mol. The monoisotopic (exact) mass is 280 g/mol. The van der Waals surface area contributed by atoms with Crippen LogP contribution >= 0.6 is 11.6 Å². The fraction of sp³-hybridized carbons (Fsp3) is 0.214. The highest BCUT2D eigenvalue weighted by Crippen LogP contribution is 2.20. The molecule has 0 aliphatic carbocycles. The van der Waals surface area contributed by atoms with Crippen LogP contribution in [-0.4, -0.2) is 17.1 Å². The maximum atomic E-state index is 13.6. The van der Waals surface area contributed by atoms with Crippen LogP contribution < -0.4 is 4.90 Å². The van der Waals surface area contributed by atoms with Gasteiger partial charge in [-0.3, -0.25) is 0 Å². The molecule has 0 spiro atoms. The van der Waals surface area contributed by atoms with Gasteiger partial charge in [0.1, 0.15) is 11.6 Å². The number of halogens is 2. The van der Waals surface area contributed by atoms with Gasteiger partial charge in [0.25, 0.3) is 0 Å². The van der Waals surface area contributed by atoms with Gasteiger partial charge in [0, 0.05) is 19.2 Å². The Morgan fingerprint density at radius 3 is 2.68 bits per heavy atom. The van der Waals surface area contributed by atoms with Crippen molar-refractivity contribution in [3.8, 4) is 0 Å². The lowest BCUT2D eigenvalue weighted by atomic mass is 10.2. The number of nitrogens with zero attached hydrogens (tertiary/aromatic N) is 2. The highest BCUT2D eigenvalue weighted by atomic mass is 35.5. The van der Waals surface area contributed by atoms with E-state index in [9.17, 15) is 4.39 Å². The number of rotatable bonds is 4. The third-order valence-electron chi connectivity index (χ3n) is 2.81. The number of hydrogen-bond acceptors (Lipinski definition) is 3. The zero-order valence-corrected chi connectivity index (χ0v) is 11.2. The molecule has 0 saturated carbocycles.